The van der Waals surface area contributed by atoms with Gasteiger partial charge >= 0.3 is 0 Å². The maximum Gasteiger partial charge on any atom is 0.160 e. The molecule has 1 aliphatic carbocycles. The van der Waals surface area contributed by atoms with Gasteiger partial charge in [-0.15, -0.1) is 11.6 Å². The molecule has 0 aromatic carbocycles. The number of imidazole rings is 1. The van der Waals surface area contributed by atoms with Crippen molar-refractivity contribution in [3.05, 3.63) is 23.1 Å². The van der Waals surface area contributed by atoms with Gasteiger partial charge in [-0.3, -0.25) is 0 Å². The Morgan fingerprint density at radius 2 is 2.25 bits per heavy atom. The zero-order valence-corrected chi connectivity index (χ0v) is 13.7. The van der Waals surface area contributed by atoms with E-state index >= 15 is 0 Å². The minimum absolute atomic E-state index is 0.343. The second-order valence-electron chi connectivity index (χ2n) is 5.29. The Hall–Kier alpha value is -0.450. The van der Waals surface area contributed by atoms with Gasteiger partial charge in [-0.2, -0.15) is 11.8 Å². The van der Waals surface area contributed by atoms with Crippen LogP contribution in [0, 0.1) is 0 Å². The molecular formula is C14H17Cl2N3S. The van der Waals surface area contributed by atoms with Crippen molar-refractivity contribution < 1.29 is 0 Å². The second-order valence-corrected chi connectivity index (χ2v) is 7.38. The fourth-order valence-corrected chi connectivity index (χ4v) is 4.04. The van der Waals surface area contributed by atoms with Crippen LogP contribution in [0.5, 0.6) is 0 Å². The SMILES string of the molecule is CSC1(Cn2c(CCCl)nc3cc(Cl)cnc32)CCC1. The quantitative estimate of drug-likeness (QED) is 0.772. The number of halogens is 2. The highest BCUT2D eigenvalue weighted by Crippen LogP contribution is 2.44. The molecule has 2 aromatic heterocycles. The lowest BCUT2D eigenvalue weighted by Gasteiger charge is -2.41. The van der Waals surface area contributed by atoms with E-state index < -0.39 is 0 Å². The first-order valence-electron chi connectivity index (χ1n) is 6.79. The number of nitrogens with zero attached hydrogens (tertiary/aromatic N) is 3. The molecule has 0 saturated heterocycles. The number of thioether (sulfide) groups is 1. The van der Waals surface area contributed by atoms with Crippen LogP contribution in [0.3, 0.4) is 0 Å². The van der Waals surface area contributed by atoms with Crippen LogP contribution >= 0.6 is 35.0 Å². The van der Waals surface area contributed by atoms with Crippen LogP contribution in [-0.2, 0) is 13.0 Å². The zero-order chi connectivity index (χ0) is 14.2. The third-order valence-corrected chi connectivity index (χ3v) is 5.89. The lowest BCUT2D eigenvalue weighted by molar-refractivity contribution is 0.321. The van der Waals surface area contributed by atoms with Crippen molar-refractivity contribution in [2.24, 2.45) is 0 Å². The number of fused-ring (bicyclic) bond motifs is 1. The Labute approximate surface area is 133 Å². The molecule has 3 rings (SSSR count). The average molecular weight is 330 g/mol. The summed E-state index contributed by atoms with van der Waals surface area (Å²) in [6, 6.07) is 1.88. The first kappa shape index (κ1) is 14.5. The third-order valence-electron chi connectivity index (χ3n) is 4.09. The average Bonchev–Trinajstić information content (AvgIpc) is 2.71. The van der Waals surface area contributed by atoms with E-state index in [0.717, 1.165) is 30.0 Å². The van der Waals surface area contributed by atoms with Crippen LogP contribution in [-0.4, -0.2) is 31.4 Å². The van der Waals surface area contributed by atoms with Crippen LogP contribution in [0.15, 0.2) is 12.3 Å². The molecule has 0 unspecified atom stereocenters. The number of aryl methyl sites for hydroxylation is 1. The Bertz CT molecular complexity index is 617. The molecule has 1 aliphatic rings. The van der Waals surface area contributed by atoms with E-state index in [1.54, 1.807) is 6.20 Å². The van der Waals surface area contributed by atoms with Crippen molar-refractivity contribution >= 4 is 46.1 Å². The number of hydrogen-bond donors (Lipinski definition) is 0. The number of pyridine rings is 1. The highest BCUT2D eigenvalue weighted by molar-refractivity contribution is 8.00. The number of hydrogen-bond acceptors (Lipinski definition) is 3. The topological polar surface area (TPSA) is 30.7 Å². The lowest BCUT2D eigenvalue weighted by Crippen LogP contribution is -2.38. The standard InChI is InChI=1S/C14H17Cl2N3S/c1-20-14(4-2-5-14)9-19-12(3-6-15)18-11-7-10(16)8-17-13(11)19/h7-8H,2-6,9H2,1H3. The minimum atomic E-state index is 0.343. The summed E-state index contributed by atoms with van der Waals surface area (Å²) in [4.78, 5) is 9.14. The highest BCUT2D eigenvalue weighted by Gasteiger charge is 2.37. The molecule has 20 heavy (non-hydrogen) atoms. The summed E-state index contributed by atoms with van der Waals surface area (Å²) in [5, 5.41) is 0.628. The number of rotatable bonds is 5. The summed E-state index contributed by atoms with van der Waals surface area (Å²) in [5.41, 5.74) is 1.79. The van der Waals surface area contributed by atoms with Crippen molar-refractivity contribution in [1.29, 1.82) is 0 Å². The predicted molar refractivity (Wildman–Crippen MR) is 87.1 cm³/mol. The van der Waals surface area contributed by atoms with Gasteiger partial charge in [0.2, 0.25) is 0 Å². The van der Waals surface area contributed by atoms with Crippen molar-refractivity contribution in [3.8, 4) is 0 Å². The first-order chi connectivity index (χ1) is 9.67. The van der Waals surface area contributed by atoms with Crippen molar-refractivity contribution in [2.75, 3.05) is 12.1 Å². The van der Waals surface area contributed by atoms with Crippen LogP contribution < -0.4 is 0 Å². The van der Waals surface area contributed by atoms with E-state index in [1.165, 1.54) is 19.3 Å². The van der Waals surface area contributed by atoms with Crippen molar-refractivity contribution in [3.63, 3.8) is 0 Å². The maximum atomic E-state index is 6.01. The van der Waals surface area contributed by atoms with Gasteiger partial charge in [0, 0.05) is 29.8 Å². The van der Waals surface area contributed by atoms with Crippen LogP contribution in [0.4, 0.5) is 0 Å². The largest absolute Gasteiger partial charge is 0.311 e. The summed E-state index contributed by atoms with van der Waals surface area (Å²) >= 11 is 13.9. The normalized spacial score (nSPS) is 17.4. The van der Waals surface area contributed by atoms with Gasteiger partial charge in [0.25, 0.3) is 0 Å². The van der Waals surface area contributed by atoms with E-state index in [4.69, 9.17) is 23.2 Å². The molecule has 1 saturated carbocycles. The molecule has 0 bridgehead atoms. The number of alkyl halides is 1. The van der Waals surface area contributed by atoms with Crippen molar-refractivity contribution in [1.82, 2.24) is 14.5 Å². The van der Waals surface area contributed by atoms with Gasteiger partial charge < -0.3 is 4.57 Å². The predicted octanol–water partition coefficient (Wildman–Crippen LogP) is 4.15. The fraction of sp³-hybridized carbons (Fsp3) is 0.571. The van der Waals surface area contributed by atoms with Crippen LogP contribution in [0.2, 0.25) is 5.02 Å². The van der Waals surface area contributed by atoms with Gasteiger partial charge in [0.1, 0.15) is 11.3 Å². The van der Waals surface area contributed by atoms with E-state index in [0.29, 0.717) is 15.6 Å². The summed E-state index contributed by atoms with van der Waals surface area (Å²) in [7, 11) is 0. The second kappa shape index (κ2) is 5.74. The lowest BCUT2D eigenvalue weighted by atomic mass is 9.84. The highest BCUT2D eigenvalue weighted by atomic mass is 35.5. The van der Waals surface area contributed by atoms with Gasteiger partial charge in [-0.1, -0.05) is 18.0 Å². The third kappa shape index (κ3) is 2.53. The monoisotopic (exact) mass is 329 g/mol. The summed E-state index contributed by atoms with van der Waals surface area (Å²) < 4.78 is 2.58. The molecule has 2 aromatic rings. The molecule has 3 nitrogen and oxygen atoms in total. The molecule has 1 fully saturated rings. The molecule has 6 heteroatoms. The zero-order valence-electron chi connectivity index (χ0n) is 11.4. The van der Waals surface area contributed by atoms with Crippen LogP contribution in [0.1, 0.15) is 25.1 Å². The van der Waals surface area contributed by atoms with Crippen molar-refractivity contribution in [2.45, 2.75) is 37.0 Å². The summed E-state index contributed by atoms with van der Waals surface area (Å²) in [6.45, 7) is 0.964. The van der Waals surface area contributed by atoms with Crippen LogP contribution in [0.25, 0.3) is 11.2 Å². The molecule has 2 heterocycles. The van der Waals surface area contributed by atoms with E-state index in [2.05, 4.69) is 20.8 Å². The van der Waals surface area contributed by atoms with E-state index in [1.807, 2.05) is 17.8 Å². The Balaban J connectivity index is 2.04. The van der Waals surface area contributed by atoms with Gasteiger partial charge in [-0.05, 0) is 25.2 Å². The number of aromatic nitrogens is 3. The fourth-order valence-electron chi connectivity index (χ4n) is 2.76. The molecule has 0 spiro atoms. The molecule has 0 atom stereocenters. The van der Waals surface area contributed by atoms with Gasteiger partial charge in [0.15, 0.2) is 5.65 Å². The molecule has 0 amide bonds. The Kier molecular flexibility index (Phi) is 4.16. The van der Waals surface area contributed by atoms with E-state index in [9.17, 15) is 0 Å². The maximum absolute atomic E-state index is 6.01. The molecule has 0 N–H and O–H groups in total. The molecule has 108 valence electrons. The van der Waals surface area contributed by atoms with E-state index in [-0.39, 0.29) is 0 Å². The summed E-state index contributed by atoms with van der Waals surface area (Å²) in [6.07, 6.45) is 8.50. The molecule has 0 aliphatic heterocycles. The summed E-state index contributed by atoms with van der Waals surface area (Å²) in [5.74, 6) is 1.59. The van der Waals surface area contributed by atoms with Gasteiger partial charge in [-0.25, -0.2) is 9.97 Å². The molecule has 0 radical (unpaired) electrons. The molecular weight excluding hydrogens is 313 g/mol. The minimum Gasteiger partial charge on any atom is -0.311 e. The van der Waals surface area contributed by atoms with Gasteiger partial charge in [0.05, 0.1) is 5.02 Å². The Morgan fingerprint density at radius 1 is 1.45 bits per heavy atom. The first-order valence-corrected chi connectivity index (χ1v) is 8.93. The Morgan fingerprint density at radius 3 is 2.85 bits per heavy atom. The smallest absolute Gasteiger partial charge is 0.160 e.